The molecule has 0 bridgehead atoms. The van der Waals surface area contributed by atoms with E-state index in [1.165, 1.54) is 28.6 Å². The van der Waals surface area contributed by atoms with Crippen LogP contribution in [0.15, 0.2) is 71.6 Å². The molecule has 1 aliphatic rings. The number of aryl methyl sites for hydroxylation is 2. The fraction of sp³-hybridized carbons (Fsp3) is 0.174. The quantitative estimate of drug-likeness (QED) is 0.624. The minimum absolute atomic E-state index is 0.0857. The van der Waals surface area contributed by atoms with Gasteiger partial charge in [0.1, 0.15) is 5.75 Å². The van der Waals surface area contributed by atoms with Crippen LogP contribution < -0.4 is 14.4 Å². The molecule has 0 spiro atoms. The average Bonchev–Trinajstić information content (AvgIpc) is 2.75. The molecule has 3 aromatic carbocycles. The summed E-state index contributed by atoms with van der Waals surface area (Å²) >= 11 is 5.91. The van der Waals surface area contributed by atoms with Crippen LogP contribution in [0.3, 0.4) is 0 Å². The maximum Gasteiger partial charge on any atom is 0.267 e. The van der Waals surface area contributed by atoms with Gasteiger partial charge in [-0.05, 0) is 61.4 Å². The maximum absolute atomic E-state index is 13.4. The highest BCUT2D eigenvalue weighted by Gasteiger charge is 2.37. The molecule has 1 atom stereocenters. The standard InChI is InChI=1S/C23H21ClN2O4S/c1-15-6-5-7-16(2)22(15)25-23(27)21-14-26(19-8-3-4-9-20(19)30-21)31(28,29)18-12-10-17(24)11-13-18/h3-13,21H,14H2,1-2H3,(H,25,27)/t21-/m1/s1. The molecule has 1 heterocycles. The summed E-state index contributed by atoms with van der Waals surface area (Å²) in [5, 5.41) is 3.33. The summed E-state index contributed by atoms with van der Waals surface area (Å²) in [7, 11) is -3.93. The van der Waals surface area contributed by atoms with Crippen molar-refractivity contribution < 1.29 is 17.9 Å². The Hall–Kier alpha value is -3.03. The normalized spacial score (nSPS) is 15.7. The zero-order valence-corrected chi connectivity index (χ0v) is 18.6. The van der Waals surface area contributed by atoms with Gasteiger partial charge in [-0.3, -0.25) is 9.10 Å². The van der Waals surface area contributed by atoms with Crippen LogP contribution in [0.4, 0.5) is 11.4 Å². The second kappa shape index (κ2) is 8.24. The van der Waals surface area contributed by atoms with E-state index in [1.807, 2.05) is 32.0 Å². The van der Waals surface area contributed by atoms with E-state index in [2.05, 4.69) is 5.32 Å². The van der Waals surface area contributed by atoms with Gasteiger partial charge in [0.2, 0.25) is 0 Å². The summed E-state index contributed by atoms with van der Waals surface area (Å²) in [6, 6.07) is 18.4. The van der Waals surface area contributed by atoms with Crippen LogP contribution in [0.5, 0.6) is 5.75 Å². The third-order valence-electron chi connectivity index (χ3n) is 5.16. The molecule has 3 aromatic rings. The topological polar surface area (TPSA) is 75.7 Å². The number of carbonyl (C=O) groups excluding carboxylic acids is 1. The first-order valence-electron chi connectivity index (χ1n) is 9.68. The number of para-hydroxylation sites is 3. The van der Waals surface area contributed by atoms with Gasteiger partial charge >= 0.3 is 0 Å². The number of hydrogen-bond acceptors (Lipinski definition) is 4. The van der Waals surface area contributed by atoms with E-state index >= 15 is 0 Å². The second-order valence-corrected chi connectivity index (χ2v) is 9.62. The first-order valence-corrected chi connectivity index (χ1v) is 11.5. The van der Waals surface area contributed by atoms with Crippen LogP contribution in [-0.2, 0) is 14.8 Å². The van der Waals surface area contributed by atoms with Gasteiger partial charge in [0.05, 0.1) is 17.1 Å². The number of hydrogen-bond donors (Lipinski definition) is 1. The summed E-state index contributed by atoms with van der Waals surface area (Å²) in [5.41, 5.74) is 2.90. The number of amides is 1. The van der Waals surface area contributed by atoms with Crippen LogP contribution in [0.25, 0.3) is 0 Å². The zero-order valence-electron chi connectivity index (χ0n) is 17.0. The minimum Gasteiger partial charge on any atom is -0.476 e. The Kier molecular flexibility index (Phi) is 5.64. The van der Waals surface area contributed by atoms with Gasteiger partial charge in [-0.2, -0.15) is 0 Å². The van der Waals surface area contributed by atoms with Crippen molar-refractivity contribution in [1.82, 2.24) is 0 Å². The van der Waals surface area contributed by atoms with E-state index in [4.69, 9.17) is 16.3 Å². The molecular formula is C23H21ClN2O4S. The van der Waals surface area contributed by atoms with Crippen molar-refractivity contribution in [2.24, 2.45) is 0 Å². The number of halogens is 1. The molecule has 6 nitrogen and oxygen atoms in total. The lowest BCUT2D eigenvalue weighted by atomic mass is 10.1. The highest BCUT2D eigenvalue weighted by Crippen LogP contribution is 2.37. The van der Waals surface area contributed by atoms with Crippen molar-refractivity contribution in [2.45, 2.75) is 24.8 Å². The molecular weight excluding hydrogens is 436 g/mol. The van der Waals surface area contributed by atoms with E-state index in [1.54, 1.807) is 24.3 Å². The van der Waals surface area contributed by atoms with Crippen molar-refractivity contribution in [3.63, 3.8) is 0 Å². The van der Waals surface area contributed by atoms with Gasteiger partial charge in [0, 0.05) is 10.7 Å². The van der Waals surface area contributed by atoms with Crippen molar-refractivity contribution in [3.05, 3.63) is 82.9 Å². The molecule has 0 radical (unpaired) electrons. The molecule has 1 N–H and O–H groups in total. The molecule has 0 aromatic heterocycles. The second-order valence-electron chi connectivity index (χ2n) is 7.32. The van der Waals surface area contributed by atoms with Crippen molar-refractivity contribution in [3.8, 4) is 5.75 Å². The van der Waals surface area contributed by atoms with Gasteiger partial charge in [-0.15, -0.1) is 0 Å². The van der Waals surface area contributed by atoms with Crippen LogP contribution in [-0.4, -0.2) is 27.0 Å². The Morgan fingerprint density at radius 1 is 1.00 bits per heavy atom. The average molecular weight is 457 g/mol. The minimum atomic E-state index is -3.93. The molecule has 160 valence electrons. The van der Waals surface area contributed by atoms with E-state index in [9.17, 15) is 13.2 Å². The van der Waals surface area contributed by atoms with Gasteiger partial charge < -0.3 is 10.1 Å². The molecule has 4 rings (SSSR count). The largest absolute Gasteiger partial charge is 0.476 e. The SMILES string of the molecule is Cc1cccc(C)c1NC(=O)[C@H]1CN(S(=O)(=O)c2ccc(Cl)cc2)c2ccccc2O1. The first kappa shape index (κ1) is 21.2. The predicted molar refractivity (Wildman–Crippen MR) is 121 cm³/mol. The smallest absolute Gasteiger partial charge is 0.267 e. The van der Waals surface area contributed by atoms with Gasteiger partial charge in [0.25, 0.3) is 15.9 Å². The van der Waals surface area contributed by atoms with Crippen LogP contribution in [0, 0.1) is 13.8 Å². The Bertz CT molecular complexity index is 1220. The first-order chi connectivity index (χ1) is 14.8. The Labute approximate surface area is 186 Å². The number of benzene rings is 3. The Morgan fingerprint density at radius 3 is 2.32 bits per heavy atom. The molecule has 0 unspecified atom stereocenters. The molecule has 0 saturated heterocycles. The van der Waals surface area contributed by atoms with Crippen LogP contribution >= 0.6 is 11.6 Å². The lowest BCUT2D eigenvalue weighted by Crippen LogP contribution is -2.48. The highest BCUT2D eigenvalue weighted by atomic mass is 35.5. The maximum atomic E-state index is 13.4. The predicted octanol–water partition coefficient (Wildman–Crippen LogP) is 4.55. The summed E-state index contributed by atoms with van der Waals surface area (Å²) in [6.45, 7) is 3.65. The third kappa shape index (κ3) is 4.11. The van der Waals surface area contributed by atoms with Crippen LogP contribution in [0.1, 0.15) is 11.1 Å². The van der Waals surface area contributed by atoms with E-state index in [0.717, 1.165) is 11.1 Å². The molecule has 0 fully saturated rings. The number of ether oxygens (including phenoxy) is 1. The summed E-state index contributed by atoms with van der Waals surface area (Å²) in [6.07, 6.45) is -1.02. The fourth-order valence-corrected chi connectivity index (χ4v) is 5.12. The van der Waals surface area contributed by atoms with Gasteiger partial charge in [-0.25, -0.2) is 8.42 Å². The number of nitrogens with one attached hydrogen (secondary N) is 1. The summed E-state index contributed by atoms with van der Waals surface area (Å²) in [4.78, 5) is 13.1. The molecule has 1 amide bonds. The Morgan fingerprint density at radius 2 is 1.65 bits per heavy atom. The number of rotatable bonds is 4. The Balaban J connectivity index is 1.69. The van der Waals surface area contributed by atoms with Gasteiger partial charge in [-0.1, -0.05) is 41.9 Å². The number of sulfonamides is 1. The molecule has 31 heavy (non-hydrogen) atoms. The molecule has 1 aliphatic heterocycles. The molecule has 8 heteroatoms. The number of carbonyl (C=O) groups is 1. The van der Waals surface area contributed by atoms with E-state index < -0.39 is 22.0 Å². The molecule has 0 aliphatic carbocycles. The lowest BCUT2D eigenvalue weighted by molar-refractivity contribution is -0.122. The highest BCUT2D eigenvalue weighted by molar-refractivity contribution is 7.92. The number of fused-ring (bicyclic) bond motifs is 1. The monoisotopic (exact) mass is 456 g/mol. The number of nitrogens with zero attached hydrogens (tertiary/aromatic N) is 1. The van der Waals surface area contributed by atoms with Crippen molar-refractivity contribution in [1.29, 1.82) is 0 Å². The zero-order chi connectivity index (χ0) is 22.2. The summed E-state index contributed by atoms with van der Waals surface area (Å²) < 4.78 is 33.9. The van der Waals surface area contributed by atoms with Crippen LogP contribution in [0.2, 0.25) is 5.02 Å². The lowest BCUT2D eigenvalue weighted by Gasteiger charge is -2.34. The summed E-state index contributed by atoms with van der Waals surface area (Å²) in [5.74, 6) is -0.0869. The van der Waals surface area contributed by atoms with E-state index in [0.29, 0.717) is 22.1 Å². The van der Waals surface area contributed by atoms with Gasteiger partial charge in [0.15, 0.2) is 6.10 Å². The fourth-order valence-electron chi connectivity index (χ4n) is 3.52. The number of anilines is 2. The van der Waals surface area contributed by atoms with Crippen molar-refractivity contribution >= 4 is 38.9 Å². The van der Waals surface area contributed by atoms with E-state index in [-0.39, 0.29) is 11.4 Å². The van der Waals surface area contributed by atoms with Crippen molar-refractivity contribution in [2.75, 3.05) is 16.2 Å². The third-order valence-corrected chi connectivity index (χ3v) is 7.20. The molecule has 0 saturated carbocycles.